The molecule has 0 heterocycles. The number of carbonyl (C=O) groups is 1. The van der Waals surface area contributed by atoms with Crippen LogP contribution in [0.3, 0.4) is 0 Å². The highest BCUT2D eigenvalue weighted by molar-refractivity contribution is 5.91. The monoisotopic (exact) mass is 199 g/mol. The lowest BCUT2D eigenvalue weighted by Crippen LogP contribution is -2.10. The summed E-state index contributed by atoms with van der Waals surface area (Å²) in [5.74, 6) is -2.63. The zero-order valence-electron chi connectivity index (χ0n) is 7.49. The zero-order valence-corrected chi connectivity index (χ0v) is 7.49. The Balaban J connectivity index is 3.41. The molecule has 1 aromatic carbocycles. The van der Waals surface area contributed by atoms with Crippen LogP contribution in [0.15, 0.2) is 12.1 Å². The Morgan fingerprint density at radius 3 is 2.57 bits per heavy atom. The minimum atomic E-state index is -1.32. The highest BCUT2D eigenvalue weighted by atomic mass is 19.1. The zero-order chi connectivity index (χ0) is 10.9. The summed E-state index contributed by atoms with van der Waals surface area (Å²) in [6.45, 7) is 1.46. The SMILES string of the molecule is C[C@H](N)c1c(F)ccc(C(=O)O)c1O. The van der Waals surface area contributed by atoms with Gasteiger partial charge in [0.05, 0.1) is 0 Å². The lowest BCUT2D eigenvalue weighted by molar-refractivity contribution is 0.0693. The van der Waals surface area contributed by atoms with Gasteiger partial charge in [0.2, 0.25) is 0 Å². The van der Waals surface area contributed by atoms with Gasteiger partial charge in [0.1, 0.15) is 17.1 Å². The molecule has 0 aliphatic carbocycles. The molecule has 1 aromatic rings. The van der Waals surface area contributed by atoms with Gasteiger partial charge >= 0.3 is 5.97 Å². The van der Waals surface area contributed by atoms with Crippen LogP contribution in [-0.2, 0) is 0 Å². The van der Waals surface area contributed by atoms with E-state index in [1.54, 1.807) is 0 Å². The second-order valence-corrected chi connectivity index (χ2v) is 2.95. The van der Waals surface area contributed by atoms with E-state index >= 15 is 0 Å². The molecule has 5 heteroatoms. The number of phenols is 1. The van der Waals surface area contributed by atoms with Gasteiger partial charge in [-0.2, -0.15) is 0 Å². The maximum atomic E-state index is 13.1. The van der Waals surface area contributed by atoms with Crippen molar-refractivity contribution < 1.29 is 19.4 Å². The Bertz CT molecular complexity index is 377. The summed E-state index contributed by atoms with van der Waals surface area (Å²) in [5, 5.41) is 18.0. The van der Waals surface area contributed by atoms with E-state index in [4.69, 9.17) is 10.8 Å². The fourth-order valence-corrected chi connectivity index (χ4v) is 1.19. The number of rotatable bonds is 2. The van der Waals surface area contributed by atoms with Crippen molar-refractivity contribution in [3.63, 3.8) is 0 Å². The molecule has 0 unspecified atom stereocenters. The summed E-state index contributed by atoms with van der Waals surface area (Å²) in [6, 6.07) is 1.22. The Labute approximate surface area is 79.8 Å². The maximum Gasteiger partial charge on any atom is 0.339 e. The van der Waals surface area contributed by atoms with E-state index in [1.807, 2.05) is 0 Å². The molecule has 4 nitrogen and oxygen atoms in total. The summed E-state index contributed by atoms with van der Waals surface area (Å²) in [4.78, 5) is 10.6. The lowest BCUT2D eigenvalue weighted by atomic mass is 10.0. The van der Waals surface area contributed by atoms with Gasteiger partial charge in [-0.1, -0.05) is 0 Å². The van der Waals surface area contributed by atoms with Crippen LogP contribution in [0.2, 0.25) is 0 Å². The number of halogens is 1. The molecule has 0 amide bonds. The summed E-state index contributed by atoms with van der Waals surface area (Å²) < 4.78 is 13.1. The van der Waals surface area contributed by atoms with Gasteiger partial charge in [0.25, 0.3) is 0 Å². The first-order valence-corrected chi connectivity index (χ1v) is 3.95. The van der Waals surface area contributed by atoms with Crippen molar-refractivity contribution >= 4 is 5.97 Å². The third-order valence-electron chi connectivity index (χ3n) is 1.85. The molecule has 0 aliphatic heterocycles. The largest absolute Gasteiger partial charge is 0.507 e. The summed E-state index contributed by atoms with van der Waals surface area (Å²) >= 11 is 0. The molecule has 0 spiro atoms. The van der Waals surface area contributed by atoms with Crippen molar-refractivity contribution in [1.82, 2.24) is 0 Å². The van der Waals surface area contributed by atoms with Gasteiger partial charge in [-0.15, -0.1) is 0 Å². The van der Waals surface area contributed by atoms with E-state index in [-0.39, 0.29) is 11.1 Å². The van der Waals surface area contributed by atoms with Crippen LogP contribution in [0.1, 0.15) is 28.9 Å². The van der Waals surface area contributed by atoms with Crippen LogP contribution in [0.25, 0.3) is 0 Å². The molecule has 0 aliphatic rings. The summed E-state index contributed by atoms with van der Waals surface area (Å²) in [6.07, 6.45) is 0. The van der Waals surface area contributed by atoms with Gasteiger partial charge in [-0.05, 0) is 19.1 Å². The average Bonchev–Trinajstić information content (AvgIpc) is 2.02. The molecule has 0 saturated heterocycles. The van der Waals surface area contributed by atoms with E-state index in [1.165, 1.54) is 6.92 Å². The summed E-state index contributed by atoms with van der Waals surface area (Å²) in [7, 11) is 0. The number of benzene rings is 1. The first-order chi connectivity index (χ1) is 6.45. The molecule has 4 N–H and O–H groups in total. The van der Waals surface area contributed by atoms with Crippen molar-refractivity contribution in [3.05, 3.63) is 29.1 Å². The predicted octanol–water partition coefficient (Wildman–Crippen LogP) is 1.25. The summed E-state index contributed by atoms with van der Waals surface area (Å²) in [5.41, 5.74) is 4.87. The van der Waals surface area contributed by atoms with Gasteiger partial charge < -0.3 is 15.9 Å². The number of hydrogen-bond donors (Lipinski definition) is 3. The number of aromatic carboxylic acids is 1. The normalized spacial score (nSPS) is 12.5. The average molecular weight is 199 g/mol. The van der Waals surface area contributed by atoms with E-state index in [0.29, 0.717) is 0 Å². The number of aromatic hydroxyl groups is 1. The van der Waals surface area contributed by atoms with Crippen molar-refractivity contribution in [2.24, 2.45) is 5.73 Å². The van der Waals surface area contributed by atoms with Crippen molar-refractivity contribution in [3.8, 4) is 5.75 Å². The Kier molecular flexibility index (Phi) is 2.71. The van der Waals surface area contributed by atoms with Crippen molar-refractivity contribution in [1.29, 1.82) is 0 Å². The Morgan fingerprint density at radius 1 is 1.57 bits per heavy atom. The van der Waals surface area contributed by atoms with Crippen molar-refractivity contribution in [2.45, 2.75) is 13.0 Å². The number of hydrogen-bond acceptors (Lipinski definition) is 3. The third kappa shape index (κ3) is 1.67. The molecule has 14 heavy (non-hydrogen) atoms. The predicted molar refractivity (Wildman–Crippen MR) is 47.6 cm³/mol. The Hall–Kier alpha value is -1.62. The third-order valence-corrected chi connectivity index (χ3v) is 1.85. The van der Waals surface area contributed by atoms with Crippen LogP contribution in [0, 0.1) is 5.82 Å². The molecule has 0 aromatic heterocycles. The number of carboxylic acids is 1. The highest BCUT2D eigenvalue weighted by Gasteiger charge is 2.19. The molecule has 0 fully saturated rings. The topological polar surface area (TPSA) is 83.6 Å². The molecular weight excluding hydrogens is 189 g/mol. The fraction of sp³-hybridized carbons (Fsp3) is 0.222. The molecule has 1 rings (SSSR count). The van der Waals surface area contributed by atoms with Gasteiger partial charge in [-0.25, -0.2) is 9.18 Å². The molecule has 0 radical (unpaired) electrons. The second-order valence-electron chi connectivity index (χ2n) is 2.95. The smallest absolute Gasteiger partial charge is 0.339 e. The van der Waals surface area contributed by atoms with Crippen LogP contribution in [-0.4, -0.2) is 16.2 Å². The first kappa shape index (κ1) is 10.5. The lowest BCUT2D eigenvalue weighted by Gasteiger charge is -2.11. The van der Waals surface area contributed by atoms with Crippen LogP contribution in [0.5, 0.6) is 5.75 Å². The van der Waals surface area contributed by atoms with E-state index in [0.717, 1.165) is 12.1 Å². The van der Waals surface area contributed by atoms with Gasteiger partial charge in [0.15, 0.2) is 0 Å². The number of carboxylic acid groups (broad SMARTS) is 1. The van der Waals surface area contributed by atoms with E-state index in [9.17, 15) is 14.3 Å². The molecule has 0 bridgehead atoms. The fourth-order valence-electron chi connectivity index (χ4n) is 1.19. The minimum Gasteiger partial charge on any atom is -0.507 e. The molecule has 0 saturated carbocycles. The molecular formula is C9H10FNO3. The first-order valence-electron chi connectivity index (χ1n) is 3.95. The molecule has 76 valence electrons. The van der Waals surface area contributed by atoms with Gasteiger partial charge in [0, 0.05) is 11.6 Å². The van der Waals surface area contributed by atoms with E-state index < -0.39 is 23.6 Å². The highest BCUT2D eigenvalue weighted by Crippen LogP contribution is 2.29. The van der Waals surface area contributed by atoms with Crippen LogP contribution >= 0.6 is 0 Å². The maximum absolute atomic E-state index is 13.1. The number of nitrogens with two attached hydrogens (primary N) is 1. The quantitative estimate of drug-likeness (QED) is 0.669. The molecule has 1 atom stereocenters. The van der Waals surface area contributed by atoms with Crippen LogP contribution < -0.4 is 5.73 Å². The second kappa shape index (κ2) is 3.63. The van der Waals surface area contributed by atoms with Gasteiger partial charge in [-0.3, -0.25) is 0 Å². The van der Waals surface area contributed by atoms with Crippen molar-refractivity contribution in [2.75, 3.05) is 0 Å². The minimum absolute atomic E-state index is 0.176. The van der Waals surface area contributed by atoms with E-state index in [2.05, 4.69) is 0 Å². The Morgan fingerprint density at radius 2 is 2.14 bits per heavy atom. The standard InChI is InChI=1S/C9H10FNO3/c1-4(11)7-6(10)3-2-5(8(7)12)9(13)14/h2-4,12H,11H2,1H3,(H,13,14)/t4-/m0/s1. The van der Waals surface area contributed by atoms with Crippen LogP contribution in [0.4, 0.5) is 4.39 Å².